The smallest absolute Gasteiger partial charge is 0.264 e. The molecule has 0 radical (unpaired) electrons. The van der Waals surface area contributed by atoms with E-state index in [1.807, 2.05) is 32.0 Å². The molecule has 28 heavy (non-hydrogen) atoms. The fourth-order valence-corrected chi connectivity index (χ4v) is 4.98. The Kier molecular flexibility index (Phi) is 4.23. The average Bonchev–Trinajstić information content (AvgIpc) is 2.69. The van der Waals surface area contributed by atoms with Gasteiger partial charge in [-0.1, -0.05) is 36.4 Å². The first kappa shape index (κ1) is 18.3. The number of fused-ring (bicyclic) bond motifs is 3. The van der Waals surface area contributed by atoms with Gasteiger partial charge < -0.3 is 5.32 Å². The number of anilines is 2. The number of nitrogens with one attached hydrogen (secondary N) is 1. The van der Waals surface area contributed by atoms with Crippen LogP contribution in [0.5, 0.6) is 0 Å². The maximum absolute atomic E-state index is 12.9. The predicted molar refractivity (Wildman–Crippen MR) is 111 cm³/mol. The van der Waals surface area contributed by atoms with E-state index in [4.69, 9.17) is 0 Å². The highest BCUT2D eigenvalue weighted by molar-refractivity contribution is 7.93. The Morgan fingerprint density at radius 3 is 2.29 bits per heavy atom. The van der Waals surface area contributed by atoms with E-state index in [0.29, 0.717) is 16.8 Å². The van der Waals surface area contributed by atoms with E-state index < -0.39 is 10.0 Å². The molecule has 1 N–H and O–H groups in total. The number of amides is 1. The highest BCUT2D eigenvalue weighted by Crippen LogP contribution is 2.42. The summed E-state index contributed by atoms with van der Waals surface area (Å²) in [6.45, 7) is 3.90. The van der Waals surface area contributed by atoms with Crippen LogP contribution in [0, 0.1) is 13.8 Å². The number of para-hydroxylation sites is 1. The highest BCUT2D eigenvalue weighted by atomic mass is 32.2. The Balaban J connectivity index is 1.79. The molecule has 142 valence electrons. The van der Waals surface area contributed by atoms with Gasteiger partial charge in [-0.2, -0.15) is 0 Å². The molecule has 3 aromatic rings. The molecular formula is C22H20N2O3S. The summed E-state index contributed by atoms with van der Waals surface area (Å²) in [5, 5.41) is 2.98. The average molecular weight is 392 g/mol. The maximum Gasteiger partial charge on any atom is 0.264 e. The predicted octanol–water partition coefficient (Wildman–Crippen LogP) is 4.36. The van der Waals surface area contributed by atoms with Gasteiger partial charge in [-0.3, -0.25) is 9.10 Å². The summed E-state index contributed by atoms with van der Waals surface area (Å²) in [5.41, 5.74) is 5.14. The lowest BCUT2D eigenvalue weighted by Gasteiger charge is -2.29. The third kappa shape index (κ3) is 2.77. The van der Waals surface area contributed by atoms with Crippen molar-refractivity contribution >= 4 is 27.3 Å². The summed E-state index contributed by atoms with van der Waals surface area (Å²) >= 11 is 0. The summed E-state index contributed by atoms with van der Waals surface area (Å²) in [7, 11) is -2.07. The van der Waals surface area contributed by atoms with Gasteiger partial charge in [0, 0.05) is 29.4 Å². The Morgan fingerprint density at radius 1 is 0.893 bits per heavy atom. The zero-order chi connectivity index (χ0) is 20.1. The summed E-state index contributed by atoms with van der Waals surface area (Å²) in [6.07, 6.45) is 0. The van der Waals surface area contributed by atoms with Gasteiger partial charge >= 0.3 is 0 Å². The summed E-state index contributed by atoms with van der Waals surface area (Å²) in [4.78, 5) is 13.1. The van der Waals surface area contributed by atoms with Gasteiger partial charge in [0.05, 0.1) is 10.6 Å². The lowest BCUT2D eigenvalue weighted by atomic mass is 10.00. The topological polar surface area (TPSA) is 66.5 Å². The van der Waals surface area contributed by atoms with Crippen LogP contribution in [-0.2, 0) is 10.0 Å². The Hall–Kier alpha value is -3.12. The van der Waals surface area contributed by atoms with Gasteiger partial charge in [-0.25, -0.2) is 8.42 Å². The SMILES string of the molecule is Cc1cccc(C)c1NC(=O)c1ccc2c(c1)-c1ccccc1S(=O)(=O)N2C. The molecule has 1 aliphatic heterocycles. The Morgan fingerprint density at radius 2 is 1.57 bits per heavy atom. The minimum atomic E-state index is -3.59. The highest BCUT2D eigenvalue weighted by Gasteiger charge is 2.32. The Bertz CT molecular complexity index is 1200. The van der Waals surface area contributed by atoms with Crippen molar-refractivity contribution in [3.8, 4) is 11.1 Å². The Labute approximate surface area is 164 Å². The lowest BCUT2D eigenvalue weighted by molar-refractivity contribution is 0.102. The molecule has 0 bridgehead atoms. The zero-order valence-electron chi connectivity index (χ0n) is 15.9. The summed E-state index contributed by atoms with van der Waals surface area (Å²) in [5.74, 6) is -0.228. The van der Waals surface area contributed by atoms with Crippen LogP contribution < -0.4 is 9.62 Å². The second-order valence-electron chi connectivity index (χ2n) is 6.92. The number of hydrogen-bond acceptors (Lipinski definition) is 3. The van der Waals surface area contributed by atoms with E-state index in [-0.39, 0.29) is 10.8 Å². The molecule has 0 spiro atoms. The minimum Gasteiger partial charge on any atom is -0.322 e. The molecule has 1 aliphatic rings. The molecule has 1 amide bonds. The van der Waals surface area contributed by atoms with E-state index in [1.165, 1.54) is 11.4 Å². The van der Waals surface area contributed by atoms with Gasteiger partial charge in [0.25, 0.3) is 15.9 Å². The number of carbonyl (C=O) groups is 1. The van der Waals surface area contributed by atoms with Crippen molar-refractivity contribution < 1.29 is 13.2 Å². The molecule has 1 heterocycles. The van der Waals surface area contributed by atoms with Gasteiger partial charge in [0.2, 0.25) is 0 Å². The van der Waals surface area contributed by atoms with Crippen LogP contribution in [0.15, 0.2) is 65.6 Å². The standard InChI is InChI=1S/C22H20N2O3S/c1-14-7-6-8-15(2)21(14)23-22(25)16-11-12-19-18(13-16)17-9-4-5-10-20(17)28(26,27)24(19)3/h4-13H,1-3H3,(H,23,25). The molecular weight excluding hydrogens is 372 g/mol. The van der Waals surface area contributed by atoms with E-state index >= 15 is 0 Å². The van der Waals surface area contributed by atoms with E-state index in [9.17, 15) is 13.2 Å². The molecule has 0 aliphatic carbocycles. The van der Waals surface area contributed by atoms with Crippen molar-refractivity contribution in [2.45, 2.75) is 18.7 Å². The van der Waals surface area contributed by atoms with Crippen molar-refractivity contribution in [3.63, 3.8) is 0 Å². The van der Waals surface area contributed by atoms with Gasteiger partial charge in [0.15, 0.2) is 0 Å². The maximum atomic E-state index is 12.9. The van der Waals surface area contributed by atoms with Crippen LogP contribution in [0.3, 0.4) is 0 Å². The van der Waals surface area contributed by atoms with Crippen LogP contribution in [0.2, 0.25) is 0 Å². The van der Waals surface area contributed by atoms with Crippen LogP contribution >= 0.6 is 0 Å². The lowest BCUT2D eigenvalue weighted by Crippen LogP contribution is -2.30. The third-order valence-electron chi connectivity index (χ3n) is 5.13. The van der Waals surface area contributed by atoms with Crippen LogP contribution in [0.25, 0.3) is 11.1 Å². The van der Waals surface area contributed by atoms with Crippen LogP contribution in [-0.4, -0.2) is 21.4 Å². The molecule has 0 saturated heterocycles. The van der Waals surface area contributed by atoms with Gasteiger partial charge in [-0.15, -0.1) is 0 Å². The summed E-state index contributed by atoms with van der Waals surface area (Å²) < 4.78 is 26.8. The first-order valence-electron chi connectivity index (χ1n) is 8.90. The van der Waals surface area contributed by atoms with Crippen LogP contribution in [0.4, 0.5) is 11.4 Å². The second kappa shape index (κ2) is 6.49. The molecule has 4 rings (SSSR count). The number of aryl methyl sites for hydroxylation is 2. The zero-order valence-corrected chi connectivity index (χ0v) is 16.7. The molecule has 0 atom stereocenters. The molecule has 0 aromatic heterocycles. The largest absolute Gasteiger partial charge is 0.322 e. The number of nitrogens with zero attached hydrogens (tertiary/aromatic N) is 1. The van der Waals surface area contributed by atoms with Gasteiger partial charge in [0.1, 0.15) is 0 Å². The second-order valence-corrected chi connectivity index (χ2v) is 8.86. The molecule has 5 nitrogen and oxygen atoms in total. The van der Waals surface area contributed by atoms with Crippen LogP contribution in [0.1, 0.15) is 21.5 Å². The first-order valence-corrected chi connectivity index (χ1v) is 10.3. The fraction of sp³-hybridized carbons (Fsp3) is 0.136. The number of sulfonamides is 1. The van der Waals surface area contributed by atoms with Crippen molar-refractivity contribution in [1.29, 1.82) is 0 Å². The number of carbonyl (C=O) groups excluding carboxylic acids is 1. The number of rotatable bonds is 2. The summed E-state index contributed by atoms with van der Waals surface area (Å²) in [6, 6.07) is 17.8. The minimum absolute atomic E-state index is 0.228. The molecule has 0 saturated carbocycles. The normalized spacial score (nSPS) is 14.2. The molecule has 3 aromatic carbocycles. The van der Waals surface area contributed by atoms with Gasteiger partial charge in [-0.05, 0) is 49.2 Å². The van der Waals surface area contributed by atoms with Crippen molar-refractivity contribution in [1.82, 2.24) is 0 Å². The number of benzene rings is 3. The molecule has 0 unspecified atom stereocenters. The van der Waals surface area contributed by atoms with E-state index in [0.717, 1.165) is 22.4 Å². The molecule has 6 heteroatoms. The first-order chi connectivity index (χ1) is 13.3. The quantitative estimate of drug-likeness (QED) is 0.705. The van der Waals surface area contributed by atoms with E-state index in [1.54, 1.807) is 42.5 Å². The van der Waals surface area contributed by atoms with Crippen molar-refractivity contribution in [2.75, 3.05) is 16.7 Å². The van der Waals surface area contributed by atoms with E-state index in [2.05, 4.69) is 5.32 Å². The fourth-order valence-electron chi connectivity index (χ4n) is 3.56. The molecule has 0 fully saturated rings. The third-order valence-corrected chi connectivity index (χ3v) is 6.96. The monoisotopic (exact) mass is 392 g/mol. The van der Waals surface area contributed by atoms with Crippen molar-refractivity contribution in [2.24, 2.45) is 0 Å². The number of hydrogen-bond donors (Lipinski definition) is 1. The van der Waals surface area contributed by atoms with Crippen molar-refractivity contribution in [3.05, 3.63) is 77.4 Å².